The van der Waals surface area contributed by atoms with Crippen molar-refractivity contribution in [2.45, 2.75) is 12.6 Å². The van der Waals surface area contributed by atoms with E-state index in [9.17, 15) is 14.9 Å². The third kappa shape index (κ3) is 3.65. The lowest BCUT2D eigenvalue weighted by Gasteiger charge is -2.26. The third-order valence-electron chi connectivity index (χ3n) is 3.27. The number of hydrogen-bond donors (Lipinski definition) is 1. The van der Waals surface area contributed by atoms with Gasteiger partial charge in [-0.1, -0.05) is 12.1 Å². The molecule has 1 aliphatic heterocycles. The van der Waals surface area contributed by atoms with Crippen LogP contribution in [0.3, 0.4) is 0 Å². The van der Waals surface area contributed by atoms with E-state index in [1.807, 2.05) is 18.2 Å². The van der Waals surface area contributed by atoms with E-state index in [0.29, 0.717) is 18.1 Å². The van der Waals surface area contributed by atoms with Crippen LogP contribution in [0.25, 0.3) is 0 Å². The number of rotatable bonds is 5. The third-order valence-corrected chi connectivity index (χ3v) is 3.83. The molecule has 0 saturated carbocycles. The highest BCUT2D eigenvalue weighted by atomic mass is 79.9. The van der Waals surface area contributed by atoms with Crippen molar-refractivity contribution in [1.82, 2.24) is 15.1 Å². The molecule has 24 heavy (non-hydrogen) atoms. The Kier molecular flexibility index (Phi) is 4.65. The highest BCUT2D eigenvalue weighted by molar-refractivity contribution is 9.10. The second-order valence-electron chi connectivity index (χ2n) is 5.06. The van der Waals surface area contributed by atoms with Gasteiger partial charge in [0, 0.05) is 0 Å². The largest absolute Gasteiger partial charge is 0.486 e. The first-order valence-electron chi connectivity index (χ1n) is 7.05. The fourth-order valence-electron chi connectivity index (χ4n) is 2.19. The maximum Gasteiger partial charge on any atom is 0.404 e. The zero-order valence-electron chi connectivity index (χ0n) is 12.3. The Morgan fingerprint density at radius 2 is 2.21 bits per heavy atom. The van der Waals surface area contributed by atoms with Gasteiger partial charge in [-0.05, 0) is 33.0 Å². The van der Waals surface area contributed by atoms with Crippen LogP contribution >= 0.6 is 15.9 Å². The smallest absolute Gasteiger partial charge is 0.404 e. The average Bonchev–Trinajstić information content (AvgIpc) is 2.93. The number of halogens is 1. The summed E-state index contributed by atoms with van der Waals surface area (Å²) in [4.78, 5) is 22.0. The summed E-state index contributed by atoms with van der Waals surface area (Å²) < 4.78 is 12.7. The van der Waals surface area contributed by atoms with E-state index in [4.69, 9.17) is 9.47 Å². The number of nitrogens with zero attached hydrogens (tertiary/aromatic N) is 3. The SMILES string of the molecule is O=C(Cn1cc(Br)c([N+](=O)[O-])n1)NCC1COc2ccccc2O1. The second kappa shape index (κ2) is 6.87. The van der Waals surface area contributed by atoms with Gasteiger partial charge >= 0.3 is 5.82 Å². The van der Waals surface area contributed by atoms with E-state index in [2.05, 4.69) is 26.3 Å². The first-order valence-corrected chi connectivity index (χ1v) is 7.85. The van der Waals surface area contributed by atoms with Crippen molar-refractivity contribution in [1.29, 1.82) is 0 Å². The molecule has 0 saturated heterocycles. The number of benzene rings is 1. The summed E-state index contributed by atoms with van der Waals surface area (Å²) >= 11 is 3.03. The molecule has 1 unspecified atom stereocenters. The fraction of sp³-hybridized carbons (Fsp3) is 0.286. The molecule has 10 heteroatoms. The topological polar surface area (TPSA) is 109 Å². The van der Waals surface area contributed by atoms with E-state index in [0.717, 1.165) is 0 Å². The van der Waals surface area contributed by atoms with Crippen molar-refractivity contribution >= 4 is 27.7 Å². The number of carbonyl (C=O) groups excluding carboxylic acids is 1. The predicted octanol–water partition coefficient (Wildman–Crippen LogP) is 1.51. The molecule has 3 rings (SSSR count). The maximum atomic E-state index is 11.9. The fourth-order valence-corrected chi connectivity index (χ4v) is 2.65. The predicted molar refractivity (Wildman–Crippen MR) is 85.9 cm³/mol. The first kappa shape index (κ1) is 16.2. The van der Waals surface area contributed by atoms with Crippen molar-refractivity contribution in [2.24, 2.45) is 0 Å². The van der Waals surface area contributed by atoms with Gasteiger partial charge in [-0.2, -0.15) is 4.68 Å². The van der Waals surface area contributed by atoms with Crippen LogP contribution in [0.1, 0.15) is 0 Å². The number of para-hydroxylation sites is 2. The standard InChI is InChI=1S/C14H13BrN4O5/c15-10-6-18(17-14(10)19(21)22)7-13(20)16-5-9-8-23-11-3-1-2-4-12(11)24-9/h1-4,6,9H,5,7-8H2,(H,16,20). The lowest BCUT2D eigenvalue weighted by molar-refractivity contribution is -0.390. The molecule has 1 N–H and O–H groups in total. The summed E-state index contributed by atoms with van der Waals surface area (Å²) in [6.45, 7) is 0.463. The maximum absolute atomic E-state index is 11.9. The van der Waals surface area contributed by atoms with Crippen LogP contribution in [0.5, 0.6) is 11.5 Å². The number of nitrogens with one attached hydrogen (secondary N) is 1. The lowest BCUT2D eigenvalue weighted by Crippen LogP contribution is -2.41. The molecular formula is C14H13BrN4O5. The van der Waals surface area contributed by atoms with Gasteiger partial charge in [0.2, 0.25) is 5.91 Å². The van der Waals surface area contributed by atoms with Crippen molar-refractivity contribution < 1.29 is 19.2 Å². The molecule has 1 aliphatic rings. The number of amides is 1. The Balaban J connectivity index is 1.51. The second-order valence-corrected chi connectivity index (χ2v) is 5.91. The summed E-state index contributed by atoms with van der Waals surface area (Å²) in [5.41, 5.74) is 0. The van der Waals surface area contributed by atoms with Crippen molar-refractivity contribution in [3.8, 4) is 11.5 Å². The average molecular weight is 397 g/mol. The number of hydrogen-bond acceptors (Lipinski definition) is 6. The van der Waals surface area contributed by atoms with E-state index in [1.165, 1.54) is 10.9 Å². The van der Waals surface area contributed by atoms with E-state index in [-0.39, 0.29) is 35.4 Å². The zero-order valence-corrected chi connectivity index (χ0v) is 13.9. The molecule has 0 fully saturated rings. The molecule has 1 amide bonds. The molecule has 126 valence electrons. The molecular weight excluding hydrogens is 384 g/mol. The van der Waals surface area contributed by atoms with Gasteiger partial charge in [-0.3, -0.25) is 4.79 Å². The number of fused-ring (bicyclic) bond motifs is 1. The zero-order chi connectivity index (χ0) is 17.1. The van der Waals surface area contributed by atoms with Gasteiger partial charge in [-0.15, -0.1) is 0 Å². The van der Waals surface area contributed by atoms with Gasteiger partial charge < -0.3 is 24.9 Å². The highest BCUT2D eigenvalue weighted by Gasteiger charge is 2.22. The van der Waals surface area contributed by atoms with Crippen LogP contribution in [-0.2, 0) is 11.3 Å². The van der Waals surface area contributed by atoms with E-state index >= 15 is 0 Å². The van der Waals surface area contributed by atoms with Crippen molar-refractivity contribution in [3.63, 3.8) is 0 Å². The molecule has 2 heterocycles. The summed E-state index contributed by atoms with van der Waals surface area (Å²) in [6, 6.07) is 7.30. The number of carbonyl (C=O) groups is 1. The Hall–Kier alpha value is -2.62. The van der Waals surface area contributed by atoms with Gasteiger partial charge in [0.1, 0.15) is 23.7 Å². The van der Waals surface area contributed by atoms with Gasteiger partial charge in [0.15, 0.2) is 11.5 Å². The van der Waals surface area contributed by atoms with Crippen LogP contribution in [0.15, 0.2) is 34.9 Å². The van der Waals surface area contributed by atoms with E-state index < -0.39 is 4.92 Å². The summed E-state index contributed by atoms with van der Waals surface area (Å²) in [7, 11) is 0. The Labute approximate surface area is 144 Å². The first-order chi connectivity index (χ1) is 11.5. The minimum atomic E-state index is -0.622. The summed E-state index contributed by atoms with van der Waals surface area (Å²) in [5, 5.41) is 17.1. The number of nitro groups is 1. The van der Waals surface area contributed by atoms with E-state index in [1.54, 1.807) is 6.07 Å². The molecule has 0 spiro atoms. The molecule has 0 aliphatic carbocycles. The van der Waals surface area contributed by atoms with Crippen molar-refractivity contribution in [2.75, 3.05) is 13.2 Å². The van der Waals surface area contributed by atoms with Crippen LogP contribution in [0, 0.1) is 10.1 Å². The molecule has 1 aromatic carbocycles. The van der Waals surface area contributed by atoms with Gasteiger partial charge in [0.25, 0.3) is 0 Å². The number of ether oxygens (including phenoxy) is 2. The Morgan fingerprint density at radius 1 is 1.46 bits per heavy atom. The Bertz CT molecular complexity index is 778. The molecule has 0 radical (unpaired) electrons. The van der Waals surface area contributed by atoms with Gasteiger partial charge in [-0.25, -0.2) is 0 Å². The molecule has 0 bridgehead atoms. The summed E-state index contributed by atoms with van der Waals surface area (Å²) in [5.74, 6) is 0.647. The van der Waals surface area contributed by atoms with Crippen LogP contribution in [-0.4, -0.2) is 39.9 Å². The Morgan fingerprint density at radius 3 is 2.92 bits per heavy atom. The minimum absolute atomic E-state index is 0.128. The quantitative estimate of drug-likeness (QED) is 0.605. The summed E-state index contributed by atoms with van der Waals surface area (Å²) in [6.07, 6.45) is 1.08. The molecule has 2 aromatic rings. The normalized spacial score (nSPS) is 15.8. The molecule has 9 nitrogen and oxygen atoms in total. The lowest BCUT2D eigenvalue weighted by atomic mass is 10.2. The van der Waals surface area contributed by atoms with Crippen LogP contribution < -0.4 is 14.8 Å². The number of aromatic nitrogens is 2. The van der Waals surface area contributed by atoms with Crippen LogP contribution in [0.4, 0.5) is 5.82 Å². The monoisotopic (exact) mass is 396 g/mol. The van der Waals surface area contributed by atoms with Crippen molar-refractivity contribution in [3.05, 3.63) is 45.0 Å². The molecule has 1 atom stereocenters. The van der Waals surface area contributed by atoms with Gasteiger partial charge in [0.05, 0.1) is 17.8 Å². The molecule has 1 aromatic heterocycles. The minimum Gasteiger partial charge on any atom is -0.486 e. The van der Waals surface area contributed by atoms with Crippen LogP contribution in [0.2, 0.25) is 0 Å². The highest BCUT2D eigenvalue weighted by Crippen LogP contribution is 2.30.